The lowest BCUT2D eigenvalue weighted by Crippen LogP contribution is -2.38. The first kappa shape index (κ1) is 19.3. The number of aryl methyl sites for hydroxylation is 2. The Balaban J connectivity index is 2.01. The number of carbonyl (C=O) groups is 1. The number of carbonyl (C=O) groups excluding carboxylic acids is 1. The molecule has 0 aliphatic rings. The summed E-state index contributed by atoms with van der Waals surface area (Å²) in [6.45, 7) is 3.97. The minimum absolute atomic E-state index is 0.0341. The SMILES string of the molecule is Cc1cc(C)nc(N/C=C(/NC(=S)OCc2ccccc2)C(=O)NN)n1. The number of rotatable bonds is 6. The van der Waals surface area contributed by atoms with E-state index in [-0.39, 0.29) is 17.5 Å². The van der Waals surface area contributed by atoms with E-state index in [0.29, 0.717) is 5.95 Å². The Bertz CT molecular complexity index is 790. The second-order valence-corrected chi connectivity index (χ2v) is 5.71. The molecule has 0 unspecified atom stereocenters. The smallest absolute Gasteiger partial charge is 0.283 e. The van der Waals surface area contributed by atoms with Crippen LogP contribution in [0.5, 0.6) is 0 Å². The van der Waals surface area contributed by atoms with Gasteiger partial charge >= 0.3 is 0 Å². The Hall–Kier alpha value is -3.04. The van der Waals surface area contributed by atoms with Gasteiger partial charge in [-0.05, 0) is 37.7 Å². The highest BCUT2D eigenvalue weighted by Gasteiger charge is 2.11. The fourth-order valence-corrected chi connectivity index (χ4v) is 2.20. The summed E-state index contributed by atoms with van der Waals surface area (Å²) in [7, 11) is 0. The summed E-state index contributed by atoms with van der Waals surface area (Å²) in [6, 6.07) is 11.4. The molecule has 1 aromatic heterocycles. The van der Waals surface area contributed by atoms with Crippen molar-refractivity contribution in [1.29, 1.82) is 0 Å². The number of nitrogens with two attached hydrogens (primary N) is 1. The monoisotopic (exact) mass is 372 g/mol. The zero-order valence-electron chi connectivity index (χ0n) is 14.4. The molecule has 26 heavy (non-hydrogen) atoms. The number of nitrogens with zero attached hydrogens (tertiary/aromatic N) is 2. The number of aromatic nitrogens is 2. The molecule has 0 bridgehead atoms. The molecule has 1 heterocycles. The molecule has 8 nitrogen and oxygen atoms in total. The van der Waals surface area contributed by atoms with Crippen molar-refractivity contribution in [2.24, 2.45) is 5.84 Å². The molecule has 1 aromatic carbocycles. The molecule has 0 spiro atoms. The van der Waals surface area contributed by atoms with Crippen molar-refractivity contribution >= 4 is 29.2 Å². The van der Waals surface area contributed by atoms with Crippen LogP contribution in [0.15, 0.2) is 48.3 Å². The van der Waals surface area contributed by atoms with E-state index in [1.165, 1.54) is 6.20 Å². The normalized spacial score (nSPS) is 10.8. The lowest BCUT2D eigenvalue weighted by Gasteiger charge is -2.12. The van der Waals surface area contributed by atoms with Gasteiger partial charge in [-0.25, -0.2) is 15.8 Å². The van der Waals surface area contributed by atoms with Gasteiger partial charge in [-0.1, -0.05) is 30.3 Å². The van der Waals surface area contributed by atoms with Gasteiger partial charge in [-0.15, -0.1) is 0 Å². The van der Waals surface area contributed by atoms with Gasteiger partial charge in [-0.2, -0.15) is 0 Å². The molecule has 2 rings (SSSR count). The molecule has 5 N–H and O–H groups in total. The summed E-state index contributed by atoms with van der Waals surface area (Å²) in [4.78, 5) is 20.4. The van der Waals surface area contributed by atoms with Crippen molar-refractivity contribution in [1.82, 2.24) is 20.7 Å². The standard InChI is InChI=1S/C17H20N6O2S/c1-11-8-12(2)21-16(20-11)19-9-14(15(24)23-18)22-17(26)25-10-13-6-4-3-5-7-13/h3-9H,10,18H2,1-2H3,(H,22,26)(H,23,24)(H,19,20,21)/b14-9+. The van der Waals surface area contributed by atoms with E-state index in [9.17, 15) is 4.79 Å². The zero-order chi connectivity index (χ0) is 18.9. The average molecular weight is 372 g/mol. The Kier molecular flexibility index (Phi) is 7.01. The van der Waals surface area contributed by atoms with Crippen molar-refractivity contribution < 1.29 is 9.53 Å². The van der Waals surface area contributed by atoms with Crippen LogP contribution in [-0.2, 0) is 16.1 Å². The molecule has 9 heteroatoms. The molecule has 0 radical (unpaired) electrons. The number of ether oxygens (including phenoxy) is 1. The minimum atomic E-state index is -0.576. The fourth-order valence-electron chi connectivity index (χ4n) is 2.03. The summed E-state index contributed by atoms with van der Waals surface area (Å²) >= 11 is 5.12. The lowest BCUT2D eigenvalue weighted by atomic mass is 10.2. The molecule has 0 aliphatic heterocycles. The van der Waals surface area contributed by atoms with Gasteiger partial charge in [0.1, 0.15) is 12.3 Å². The predicted molar refractivity (Wildman–Crippen MR) is 103 cm³/mol. The molecule has 136 valence electrons. The number of amides is 1. The number of hydrazine groups is 1. The quantitative estimate of drug-likeness (QED) is 0.198. The third-order valence-electron chi connectivity index (χ3n) is 3.15. The van der Waals surface area contributed by atoms with Gasteiger partial charge in [0, 0.05) is 17.6 Å². The van der Waals surface area contributed by atoms with Crippen LogP contribution < -0.4 is 21.9 Å². The van der Waals surface area contributed by atoms with Gasteiger partial charge in [0.25, 0.3) is 11.1 Å². The van der Waals surface area contributed by atoms with E-state index in [0.717, 1.165) is 17.0 Å². The van der Waals surface area contributed by atoms with Gasteiger partial charge in [0.05, 0.1) is 0 Å². The highest BCUT2D eigenvalue weighted by Crippen LogP contribution is 2.05. The average Bonchev–Trinajstić information content (AvgIpc) is 2.63. The topological polar surface area (TPSA) is 114 Å². The van der Waals surface area contributed by atoms with Crippen LogP contribution in [-0.4, -0.2) is 21.0 Å². The van der Waals surface area contributed by atoms with Crippen molar-refractivity contribution in [2.45, 2.75) is 20.5 Å². The maximum atomic E-state index is 11.9. The first-order chi connectivity index (χ1) is 12.5. The first-order valence-electron chi connectivity index (χ1n) is 7.75. The highest BCUT2D eigenvalue weighted by atomic mass is 32.1. The molecule has 2 aromatic rings. The van der Waals surface area contributed by atoms with Crippen molar-refractivity contribution in [2.75, 3.05) is 5.32 Å². The van der Waals surface area contributed by atoms with Crippen LogP contribution in [0.3, 0.4) is 0 Å². The summed E-state index contributed by atoms with van der Waals surface area (Å²) in [6.07, 6.45) is 1.37. The number of thiocarbonyl (C=S) groups is 1. The second kappa shape index (κ2) is 9.44. The number of hydrogen-bond acceptors (Lipinski definition) is 7. The minimum Gasteiger partial charge on any atom is -0.466 e. The Labute approximate surface area is 156 Å². The maximum Gasteiger partial charge on any atom is 0.283 e. The predicted octanol–water partition coefficient (Wildman–Crippen LogP) is 1.43. The first-order valence-corrected chi connectivity index (χ1v) is 8.16. The second-order valence-electron chi connectivity index (χ2n) is 5.34. The molecule has 0 fully saturated rings. The number of nitrogens with one attached hydrogen (secondary N) is 3. The third-order valence-corrected chi connectivity index (χ3v) is 3.37. The fraction of sp³-hybridized carbons (Fsp3) is 0.176. The van der Waals surface area contributed by atoms with E-state index in [1.807, 2.05) is 55.7 Å². The molecule has 0 saturated carbocycles. The molecule has 0 aliphatic carbocycles. The van der Waals surface area contributed by atoms with Gasteiger partial charge in [-0.3, -0.25) is 10.2 Å². The van der Waals surface area contributed by atoms with E-state index < -0.39 is 5.91 Å². The van der Waals surface area contributed by atoms with Crippen LogP contribution in [0.4, 0.5) is 5.95 Å². The van der Waals surface area contributed by atoms with Gasteiger partial charge in [0.2, 0.25) is 5.95 Å². The number of benzene rings is 1. The maximum absolute atomic E-state index is 11.9. The summed E-state index contributed by atoms with van der Waals surface area (Å²) in [5.74, 6) is 4.98. The number of anilines is 1. The van der Waals surface area contributed by atoms with Crippen LogP contribution in [0.2, 0.25) is 0 Å². The third kappa shape index (κ3) is 6.11. The van der Waals surface area contributed by atoms with Crippen molar-refractivity contribution in [3.8, 4) is 0 Å². The van der Waals surface area contributed by atoms with E-state index in [1.54, 1.807) is 0 Å². The highest BCUT2D eigenvalue weighted by molar-refractivity contribution is 7.80. The van der Waals surface area contributed by atoms with Gasteiger partial charge in [0.15, 0.2) is 0 Å². The number of hydrogen-bond donors (Lipinski definition) is 4. The summed E-state index contributed by atoms with van der Waals surface area (Å²) in [5.41, 5.74) is 4.65. The van der Waals surface area contributed by atoms with Crippen molar-refractivity contribution in [3.05, 3.63) is 65.2 Å². The lowest BCUT2D eigenvalue weighted by molar-refractivity contribution is -0.117. The Morgan fingerprint density at radius 2 is 1.88 bits per heavy atom. The van der Waals surface area contributed by atoms with Crippen molar-refractivity contribution in [3.63, 3.8) is 0 Å². The van der Waals surface area contributed by atoms with E-state index in [2.05, 4.69) is 20.6 Å². The molecule has 0 saturated heterocycles. The largest absolute Gasteiger partial charge is 0.466 e. The van der Waals surface area contributed by atoms with E-state index >= 15 is 0 Å². The van der Waals surface area contributed by atoms with Crippen LogP contribution in [0.25, 0.3) is 0 Å². The molecular weight excluding hydrogens is 352 g/mol. The summed E-state index contributed by atoms with van der Waals surface area (Å²) in [5, 5.41) is 5.57. The zero-order valence-corrected chi connectivity index (χ0v) is 15.3. The Morgan fingerprint density at radius 3 is 2.50 bits per heavy atom. The molecular formula is C17H20N6O2S. The van der Waals surface area contributed by atoms with Gasteiger partial charge < -0.3 is 15.4 Å². The molecule has 0 atom stereocenters. The summed E-state index contributed by atoms with van der Waals surface area (Å²) < 4.78 is 5.44. The van der Waals surface area contributed by atoms with Crippen LogP contribution in [0.1, 0.15) is 17.0 Å². The van der Waals surface area contributed by atoms with Crippen LogP contribution in [0, 0.1) is 13.8 Å². The molecule has 1 amide bonds. The van der Waals surface area contributed by atoms with Crippen LogP contribution >= 0.6 is 12.2 Å². The Morgan fingerprint density at radius 1 is 1.23 bits per heavy atom. The van der Waals surface area contributed by atoms with E-state index in [4.69, 9.17) is 22.8 Å².